The minimum absolute atomic E-state index is 0.0254. The molecule has 4 heteroatoms. The third-order valence-electron chi connectivity index (χ3n) is 3.09. The van der Waals surface area contributed by atoms with Crippen molar-refractivity contribution in [3.8, 4) is 6.07 Å². The van der Waals surface area contributed by atoms with Crippen LogP contribution in [0.25, 0.3) is 0 Å². The minimum Gasteiger partial charge on any atom is -0.346 e. The molecule has 1 rings (SSSR count). The zero-order valence-electron chi connectivity index (χ0n) is 11.4. The Hall–Kier alpha value is -1.89. The van der Waals surface area contributed by atoms with Gasteiger partial charge < -0.3 is 4.90 Å². The third kappa shape index (κ3) is 4.36. The molecule has 102 valence electrons. The van der Waals surface area contributed by atoms with Gasteiger partial charge in [0.1, 0.15) is 5.82 Å². The van der Waals surface area contributed by atoms with Gasteiger partial charge in [0.2, 0.25) is 5.91 Å². The number of amides is 1. The maximum absolute atomic E-state index is 13.6. The van der Waals surface area contributed by atoms with E-state index in [1.807, 2.05) is 6.07 Å². The van der Waals surface area contributed by atoms with E-state index in [0.717, 1.165) is 12.8 Å². The highest BCUT2D eigenvalue weighted by atomic mass is 19.1. The van der Waals surface area contributed by atoms with Crippen LogP contribution >= 0.6 is 0 Å². The molecular weight excluding hydrogens is 243 g/mol. The van der Waals surface area contributed by atoms with E-state index in [9.17, 15) is 9.18 Å². The molecule has 0 saturated carbocycles. The Bertz CT molecular complexity index is 467. The number of nitrogens with zero attached hydrogens (tertiary/aromatic N) is 2. The molecule has 1 aromatic rings. The van der Waals surface area contributed by atoms with Crippen LogP contribution in [0.15, 0.2) is 24.3 Å². The largest absolute Gasteiger partial charge is 0.346 e. The zero-order valence-corrected chi connectivity index (χ0v) is 11.4. The van der Waals surface area contributed by atoms with Gasteiger partial charge in [0.15, 0.2) is 0 Å². The Kier molecular flexibility index (Phi) is 6.01. The molecule has 1 aromatic carbocycles. The molecule has 0 aromatic heterocycles. The summed E-state index contributed by atoms with van der Waals surface area (Å²) in [4.78, 5) is 13.6. The molecule has 19 heavy (non-hydrogen) atoms. The number of halogens is 1. The first-order valence-corrected chi connectivity index (χ1v) is 6.48. The van der Waals surface area contributed by atoms with Crippen LogP contribution in [-0.4, -0.2) is 24.4 Å². The molecule has 0 heterocycles. The van der Waals surface area contributed by atoms with E-state index in [1.165, 1.54) is 6.07 Å². The molecule has 0 bridgehead atoms. The molecule has 0 spiro atoms. The van der Waals surface area contributed by atoms with Crippen molar-refractivity contribution in [2.45, 2.75) is 32.1 Å². The molecule has 1 atom stereocenters. The van der Waals surface area contributed by atoms with Gasteiger partial charge in [-0.1, -0.05) is 31.5 Å². The first-order valence-electron chi connectivity index (χ1n) is 6.48. The number of hydrogen-bond donors (Lipinski definition) is 0. The second-order valence-electron chi connectivity index (χ2n) is 4.58. The second-order valence-corrected chi connectivity index (χ2v) is 4.58. The first kappa shape index (κ1) is 15.2. The lowest BCUT2D eigenvalue weighted by Gasteiger charge is -2.18. The fraction of sp³-hybridized carbons (Fsp3) is 0.467. The lowest BCUT2D eigenvalue weighted by molar-refractivity contribution is -0.130. The SMILES string of the molecule is CCCCN(C)C(=O)CC(C#N)c1ccccc1F. The molecule has 1 unspecified atom stereocenters. The van der Waals surface area contributed by atoms with Gasteiger partial charge in [0, 0.05) is 25.6 Å². The highest BCUT2D eigenvalue weighted by Gasteiger charge is 2.20. The van der Waals surface area contributed by atoms with Crippen LogP contribution in [-0.2, 0) is 4.79 Å². The highest BCUT2D eigenvalue weighted by molar-refractivity contribution is 5.77. The first-order chi connectivity index (χ1) is 9.10. The Morgan fingerprint density at radius 1 is 1.47 bits per heavy atom. The van der Waals surface area contributed by atoms with Gasteiger partial charge in [-0.05, 0) is 12.5 Å². The van der Waals surface area contributed by atoms with E-state index in [2.05, 4.69) is 6.92 Å². The summed E-state index contributed by atoms with van der Waals surface area (Å²) in [6.45, 7) is 2.72. The van der Waals surface area contributed by atoms with E-state index >= 15 is 0 Å². The second kappa shape index (κ2) is 7.52. The molecule has 0 aliphatic heterocycles. The zero-order chi connectivity index (χ0) is 14.3. The molecule has 1 amide bonds. The van der Waals surface area contributed by atoms with Crippen LogP contribution in [0.2, 0.25) is 0 Å². The molecule has 0 fully saturated rings. The van der Waals surface area contributed by atoms with Gasteiger partial charge in [-0.2, -0.15) is 5.26 Å². The van der Waals surface area contributed by atoms with Crippen molar-refractivity contribution in [2.75, 3.05) is 13.6 Å². The van der Waals surface area contributed by atoms with Crippen LogP contribution in [0.5, 0.6) is 0 Å². The van der Waals surface area contributed by atoms with E-state index < -0.39 is 11.7 Å². The number of nitriles is 1. The summed E-state index contributed by atoms with van der Waals surface area (Å²) in [5.41, 5.74) is 0.294. The molecule has 0 aliphatic carbocycles. The normalized spacial score (nSPS) is 11.7. The number of unbranched alkanes of at least 4 members (excludes halogenated alkanes) is 1. The Morgan fingerprint density at radius 2 is 2.16 bits per heavy atom. The van der Waals surface area contributed by atoms with Crippen molar-refractivity contribution in [1.82, 2.24) is 4.90 Å². The summed E-state index contributed by atoms with van der Waals surface area (Å²) in [6.07, 6.45) is 1.96. The van der Waals surface area contributed by atoms with Crippen molar-refractivity contribution in [1.29, 1.82) is 5.26 Å². The van der Waals surface area contributed by atoms with Gasteiger partial charge in [0.25, 0.3) is 0 Å². The average molecular weight is 262 g/mol. The summed E-state index contributed by atoms with van der Waals surface area (Å²) in [6, 6.07) is 8.13. The quantitative estimate of drug-likeness (QED) is 0.790. The molecule has 0 N–H and O–H groups in total. The van der Waals surface area contributed by atoms with Crippen molar-refractivity contribution in [3.63, 3.8) is 0 Å². The number of rotatable bonds is 6. The standard InChI is InChI=1S/C15H19FN2O/c1-3-4-9-18(2)15(19)10-12(11-17)13-7-5-6-8-14(13)16/h5-8,12H,3-4,9-10H2,1-2H3. The molecule has 0 radical (unpaired) electrons. The van der Waals surface area contributed by atoms with E-state index in [0.29, 0.717) is 12.1 Å². The predicted molar refractivity (Wildman–Crippen MR) is 71.9 cm³/mol. The van der Waals surface area contributed by atoms with Gasteiger partial charge in [-0.15, -0.1) is 0 Å². The fourth-order valence-electron chi connectivity index (χ4n) is 1.83. The maximum atomic E-state index is 13.6. The summed E-state index contributed by atoms with van der Waals surface area (Å²) in [5.74, 6) is -1.28. The number of benzene rings is 1. The van der Waals surface area contributed by atoms with Gasteiger partial charge in [0.05, 0.1) is 12.0 Å². The van der Waals surface area contributed by atoms with E-state index in [4.69, 9.17) is 5.26 Å². The molecule has 3 nitrogen and oxygen atoms in total. The third-order valence-corrected chi connectivity index (χ3v) is 3.09. The monoisotopic (exact) mass is 262 g/mol. The lowest BCUT2D eigenvalue weighted by Crippen LogP contribution is -2.28. The van der Waals surface area contributed by atoms with E-state index in [-0.39, 0.29) is 12.3 Å². The predicted octanol–water partition coefficient (Wildman–Crippen LogP) is 3.08. The van der Waals surface area contributed by atoms with Crippen LogP contribution < -0.4 is 0 Å². The summed E-state index contributed by atoms with van der Waals surface area (Å²) in [5, 5.41) is 9.12. The lowest BCUT2D eigenvalue weighted by atomic mass is 9.96. The summed E-state index contributed by atoms with van der Waals surface area (Å²) >= 11 is 0. The van der Waals surface area contributed by atoms with Gasteiger partial charge in [-0.25, -0.2) is 4.39 Å². The fourth-order valence-corrected chi connectivity index (χ4v) is 1.83. The Labute approximate surface area is 113 Å². The van der Waals surface area contributed by atoms with Gasteiger partial charge >= 0.3 is 0 Å². The van der Waals surface area contributed by atoms with Gasteiger partial charge in [-0.3, -0.25) is 4.79 Å². The molecule has 0 saturated heterocycles. The smallest absolute Gasteiger partial charge is 0.223 e. The average Bonchev–Trinajstić information content (AvgIpc) is 2.42. The highest BCUT2D eigenvalue weighted by Crippen LogP contribution is 2.22. The number of carbonyl (C=O) groups excluding carboxylic acids is 1. The maximum Gasteiger partial charge on any atom is 0.223 e. The van der Waals surface area contributed by atoms with Crippen LogP contribution in [0, 0.1) is 17.1 Å². The van der Waals surface area contributed by atoms with Crippen molar-refractivity contribution in [3.05, 3.63) is 35.6 Å². The van der Waals surface area contributed by atoms with Crippen molar-refractivity contribution in [2.24, 2.45) is 0 Å². The Balaban J connectivity index is 2.71. The van der Waals surface area contributed by atoms with Crippen molar-refractivity contribution < 1.29 is 9.18 Å². The van der Waals surface area contributed by atoms with Crippen LogP contribution in [0.1, 0.15) is 37.7 Å². The molecular formula is C15H19FN2O. The van der Waals surface area contributed by atoms with Crippen LogP contribution in [0.4, 0.5) is 4.39 Å². The molecule has 0 aliphatic rings. The van der Waals surface area contributed by atoms with Crippen LogP contribution in [0.3, 0.4) is 0 Å². The van der Waals surface area contributed by atoms with E-state index in [1.54, 1.807) is 30.1 Å². The summed E-state index contributed by atoms with van der Waals surface area (Å²) < 4.78 is 13.6. The number of hydrogen-bond acceptors (Lipinski definition) is 2. The Morgan fingerprint density at radius 3 is 2.74 bits per heavy atom. The topological polar surface area (TPSA) is 44.1 Å². The van der Waals surface area contributed by atoms with Crippen molar-refractivity contribution >= 4 is 5.91 Å². The number of carbonyl (C=O) groups is 1. The summed E-state index contributed by atoms with van der Waals surface area (Å²) in [7, 11) is 1.72. The minimum atomic E-state index is -0.724.